The van der Waals surface area contributed by atoms with Crippen LogP contribution in [0.1, 0.15) is 45.4 Å². The van der Waals surface area contributed by atoms with Crippen molar-refractivity contribution in [2.75, 3.05) is 19.4 Å². The summed E-state index contributed by atoms with van der Waals surface area (Å²) in [5.41, 5.74) is 4.15. The molecule has 2 amide bonds. The van der Waals surface area contributed by atoms with Crippen LogP contribution in [0.25, 0.3) is 0 Å². The maximum absolute atomic E-state index is 13.3. The second-order valence-corrected chi connectivity index (χ2v) is 8.81. The molecule has 0 aromatic heterocycles. The first-order valence-electron chi connectivity index (χ1n) is 11.6. The summed E-state index contributed by atoms with van der Waals surface area (Å²) >= 11 is 4.10. The molecule has 4 rings (SSSR count). The second-order valence-electron chi connectivity index (χ2n) is 8.36. The number of nitrogens with one attached hydrogen (secondary N) is 2. The molecule has 3 aromatic rings. The predicted molar refractivity (Wildman–Crippen MR) is 141 cm³/mol. The Balaban J connectivity index is 1.48. The number of hydrogen-bond acceptors (Lipinski definition) is 5. The number of rotatable bonds is 9. The van der Waals surface area contributed by atoms with Crippen molar-refractivity contribution in [1.82, 2.24) is 10.6 Å². The van der Waals surface area contributed by atoms with E-state index in [0.717, 1.165) is 28.9 Å². The van der Waals surface area contributed by atoms with Gasteiger partial charge >= 0.3 is 0 Å². The van der Waals surface area contributed by atoms with Crippen molar-refractivity contribution in [3.8, 4) is 5.75 Å². The van der Waals surface area contributed by atoms with E-state index < -0.39 is 0 Å². The summed E-state index contributed by atoms with van der Waals surface area (Å²) in [6.07, 6.45) is 0.731. The molecule has 3 aromatic carbocycles. The van der Waals surface area contributed by atoms with Crippen LogP contribution in [0.2, 0.25) is 0 Å². The van der Waals surface area contributed by atoms with Gasteiger partial charge in [0, 0.05) is 30.3 Å². The van der Waals surface area contributed by atoms with Crippen LogP contribution < -0.4 is 15.4 Å². The maximum atomic E-state index is 13.3. The molecule has 0 aliphatic carbocycles. The number of methoxy groups -OCH3 is 1. The fourth-order valence-electron chi connectivity index (χ4n) is 4.20. The highest BCUT2D eigenvalue weighted by atomic mass is 32.1. The van der Waals surface area contributed by atoms with E-state index in [0.29, 0.717) is 30.1 Å². The van der Waals surface area contributed by atoms with Crippen molar-refractivity contribution in [3.63, 3.8) is 0 Å². The Kier molecular flexibility index (Phi) is 8.21. The van der Waals surface area contributed by atoms with Crippen LogP contribution in [0, 0.1) is 0 Å². The van der Waals surface area contributed by atoms with Gasteiger partial charge < -0.3 is 15.4 Å². The average Bonchev–Trinajstić information content (AvgIpc) is 3.37. The topological polar surface area (TPSA) is 79.8 Å². The van der Waals surface area contributed by atoms with Gasteiger partial charge in [0.15, 0.2) is 0 Å². The molecule has 0 spiro atoms. The molecule has 1 aliphatic rings. The molecule has 1 aliphatic heterocycles. The van der Waals surface area contributed by atoms with E-state index >= 15 is 0 Å². The zero-order chi connectivity index (χ0) is 24.6. The molecule has 0 bridgehead atoms. The molecule has 1 heterocycles. The van der Waals surface area contributed by atoms with Gasteiger partial charge in [-0.15, -0.1) is 0 Å². The summed E-state index contributed by atoms with van der Waals surface area (Å²) in [5.74, 6) is 0.938. The summed E-state index contributed by atoms with van der Waals surface area (Å²) in [6.45, 7) is 0.864. The SMILES string of the molecule is COc1ccc(C2CC(c3ccccc3)N=C2C(=O)NCc2ccc(C(=O)NCCS)cc2)cc1. The molecule has 35 heavy (non-hydrogen) atoms. The zero-order valence-electron chi connectivity index (χ0n) is 19.6. The Labute approximate surface area is 211 Å². The van der Waals surface area contributed by atoms with E-state index in [4.69, 9.17) is 9.73 Å². The molecular formula is C28H29N3O3S. The normalized spacial score (nSPS) is 16.9. The molecule has 180 valence electrons. The Bertz CT molecular complexity index is 1180. The molecule has 2 N–H and O–H groups in total. The van der Waals surface area contributed by atoms with Gasteiger partial charge in [0.25, 0.3) is 11.8 Å². The van der Waals surface area contributed by atoms with Crippen molar-refractivity contribution in [2.24, 2.45) is 4.99 Å². The van der Waals surface area contributed by atoms with E-state index in [9.17, 15) is 9.59 Å². The van der Waals surface area contributed by atoms with Crippen LogP contribution in [0.4, 0.5) is 0 Å². The third-order valence-corrected chi connectivity index (χ3v) is 6.31. The lowest BCUT2D eigenvalue weighted by molar-refractivity contribution is -0.115. The standard InChI is InChI=1S/C28H29N3O3S/c1-34-23-13-11-20(12-14-23)24-17-25(21-5-3-2-4-6-21)31-26(24)28(33)30-18-19-7-9-22(10-8-19)27(32)29-15-16-35/h2-14,24-25,35H,15-18H2,1H3,(H,29,32)(H,30,33). The number of carbonyl (C=O) groups is 2. The maximum Gasteiger partial charge on any atom is 0.266 e. The molecule has 6 nitrogen and oxygen atoms in total. The minimum absolute atomic E-state index is 0.0703. The average molecular weight is 488 g/mol. The summed E-state index contributed by atoms with van der Waals surface area (Å²) in [7, 11) is 1.64. The minimum atomic E-state index is -0.181. The Morgan fingerprint density at radius 3 is 2.29 bits per heavy atom. The van der Waals surface area contributed by atoms with Gasteiger partial charge in [-0.25, -0.2) is 0 Å². The summed E-state index contributed by atoms with van der Waals surface area (Å²) in [6, 6.07) is 25.0. The van der Waals surface area contributed by atoms with Gasteiger partial charge in [-0.1, -0.05) is 54.6 Å². The van der Waals surface area contributed by atoms with Crippen LogP contribution in [-0.2, 0) is 11.3 Å². The first-order chi connectivity index (χ1) is 17.1. The number of aliphatic imine (C=N–C) groups is 1. The monoisotopic (exact) mass is 487 g/mol. The molecule has 2 atom stereocenters. The largest absolute Gasteiger partial charge is 0.497 e. The fraction of sp³-hybridized carbons (Fsp3) is 0.250. The van der Waals surface area contributed by atoms with Gasteiger partial charge in [-0.2, -0.15) is 12.6 Å². The van der Waals surface area contributed by atoms with Crippen LogP contribution in [-0.4, -0.2) is 36.9 Å². The van der Waals surface area contributed by atoms with Crippen LogP contribution in [0.5, 0.6) is 5.75 Å². The molecular weight excluding hydrogens is 458 g/mol. The van der Waals surface area contributed by atoms with Crippen LogP contribution in [0.3, 0.4) is 0 Å². The van der Waals surface area contributed by atoms with Crippen molar-refractivity contribution in [1.29, 1.82) is 0 Å². The smallest absolute Gasteiger partial charge is 0.266 e. The number of hydrogen-bond donors (Lipinski definition) is 3. The van der Waals surface area contributed by atoms with Crippen molar-refractivity contribution >= 4 is 30.2 Å². The number of amides is 2. The van der Waals surface area contributed by atoms with Crippen LogP contribution >= 0.6 is 12.6 Å². The Morgan fingerprint density at radius 1 is 0.914 bits per heavy atom. The first kappa shape index (κ1) is 24.5. The molecule has 0 saturated carbocycles. The van der Waals surface area contributed by atoms with Crippen molar-refractivity contribution in [2.45, 2.75) is 24.9 Å². The highest BCUT2D eigenvalue weighted by molar-refractivity contribution is 7.80. The number of benzene rings is 3. The lowest BCUT2D eigenvalue weighted by Crippen LogP contribution is -2.32. The molecule has 2 unspecified atom stereocenters. The molecule has 7 heteroatoms. The van der Waals surface area contributed by atoms with Crippen LogP contribution in [0.15, 0.2) is 83.9 Å². The highest BCUT2D eigenvalue weighted by Gasteiger charge is 2.34. The van der Waals surface area contributed by atoms with E-state index in [1.807, 2.05) is 66.7 Å². The number of carbonyl (C=O) groups excluding carboxylic acids is 2. The van der Waals surface area contributed by atoms with Gasteiger partial charge in [0.05, 0.1) is 13.2 Å². The van der Waals surface area contributed by atoms with E-state index in [1.165, 1.54) is 0 Å². The Morgan fingerprint density at radius 2 is 1.63 bits per heavy atom. The Hall–Kier alpha value is -3.58. The number of thiol groups is 1. The summed E-state index contributed by atoms with van der Waals surface area (Å²) < 4.78 is 5.29. The van der Waals surface area contributed by atoms with E-state index in [-0.39, 0.29) is 23.8 Å². The third-order valence-electron chi connectivity index (χ3n) is 6.09. The van der Waals surface area contributed by atoms with Gasteiger partial charge in [-0.05, 0) is 47.4 Å². The van der Waals surface area contributed by atoms with E-state index in [1.54, 1.807) is 19.2 Å². The quantitative estimate of drug-likeness (QED) is 0.393. The van der Waals surface area contributed by atoms with Gasteiger partial charge in [0.1, 0.15) is 11.5 Å². The highest BCUT2D eigenvalue weighted by Crippen LogP contribution is 2.39. The van der Waals surface area contributed by atoms with Gasteiger partial charge in [0.2, 0.25) is 0 Å². The molecule has 0 fully saturated rings. The second kappa shape index (κ2) is 11.7. The lowest BCUT2D eigenvalue weighted by Gasteiger charge is -2.15. The minimum Gasteiger partial charge on any atom is -0.497 e. The molecule has 0 radical (unpaired) electrons. The summed E-state index contributed by atoms with van der Waals surface area (Å²) in [4.78, 5) is 30.2. The van der Waals surface area contributed by atoms with Crippen molar-refractivity contribution in [3.05, 3.63) is 101 Å². The van der Waals surface area contributed by atoms with E-state index in [2.05, 4.69) is 23.3 Å². The first-order valence-corrected chi connectivity index (χ1v) is 12.2. The zero-order valence-corrected chi connectivity index (χ0v) is 20.5. The lowest BCUT2D eigenvalue weighted by atomic mass is 9.89. The number of nitrogens with zero attached hydrogens (tertiary/aromatic N) is 1. The number of ether oxygens (including phenoxy) is 1. The fourth-order valence-corrected chi connectivity index (χ4v) is 4.31. The van der Waals surface area contributed by atoms with Gasteiger partial charge in [-0.3, -0.25) is 14.6 Å². The van der Waals surface area contributed by atoms with Crippen molar-refractivity contribution < 1.29 is 14.3 Å². The molecule has 0 saturated heterocycles. The predicted octanol–water partition coefficient (Wildman–Crippen LogP) is 4.34. The third kappa shape index (κ3) is 6.11. The summed E-state index contributed by atoms with van der Waals surface area (Å²) in [5, 5.41) is 5.81.